The summed E-state index contributed by atoms with van der Waals surface area (Å²) < 4.78 is 5.91. The van der Waals surface area contributed by atoms with Gasteiger partial charge in [-0.15, -0.1) is 0 Å². The van der Waals surface area contributed by atoms with Crippen LogP contribution in [0.25, 0.3) is 11.1 Å². The fourth-order valence-corrected chi connectivity index (χ4v) is 3.45. The van der Waals surface area contributed by atoms with Crippen LogP contribution in [0, 0.1) is 5.92 Å². The Morgan fingerprint density at radius 3 is 2.72 bits per heavy atom. The van der Waals surface area contributed by atoms with E-state index >= 15 is 0 Å². The van der Waals surface area contributed by atoms with Crippen LogP contribution in [-0.4, -0.2) is 24.0 Å². The zero-order valence-electron chi connectivity index (χ0n) is 16.3. The molecule has 0 saturated carbocycles. The van der Waals surface area contributed by atoms with E-state index in [1.54, 1.807) is 6.20 Å². The number of hydrogen-bond acceptors (Lipinski definition) is 4. The molecule has 1 saturated heterocycles. The first kappa shape index (κ1) is 19.2. The van der Waals surface area contributed by atoms with E-state index in [0.717, 1.165) is 48.4 Å². The van der Waals surface area contributed by atoms with Crippen molar-refractivity contribution in [2.24, 2.45) is 5.92 Å². The van der Waals surface area contributed by atoms with Crippen LogP contribution in [0.5, 0.6) is 5.75 Å². The number of piperidine rings is 1. The molecule has 4 rings (SSSR count). The van der Waals surface area contributed by atoms with Gasteiger partial charge >= 0.3 is 0 Å². The number of amides is 1. The van der Waals surface area contributed by atoms with Crippen molar-refractivity contribution in [1.29, 1.82) is 0 Å². The summed E-state index contributed by atoms with van der Waals surface area (Å²) in [5, 5.41) is 6.19. The third-order valence-corrected chi connectivity index (χ3v) is 5.10. The molecule has 148 valence electrons. The molecular weight excluding hydrogens is 362 g/mol. The number of nitrogens with one attached hydrogen (secondary N) is 2. The molecule has 1 fully saturated rings. The Hall–Kier alpha value is -3.18. The topological polar surface area (TPSA) is 63.2 Å². The van der Waals surface area contributed by atoms with Gasteiger partial charge in [-0.3, -0.25) is 4.79 Å². The molecule has 1 aromatic heterocycles. The molecule has 1 aliphatic rings. The first-order valence-corrected chi connectivity index (χ1v) is 10.0. The fraction of sp³-hybridized carbons (Fsp3) is 0.250. The summed E-state index contributed by atoms with van der Waals surface area (Å²) in [6.07, 6.45) is 3.74. The lowest BCUT2D eigenvalue weighted by Gasteiger charge is -2.21. The summed E-state index contributed by atoms with van der Waals surface area (Å²) in [5.74, 6) is 1.45. The summed E-state index contributed by atoms with van der Waals surface area (Å²) in [5.41, 5.74) is 3.14. The quantitative estimate of drug-likeness (QED) is 0.663. The van der Waals surface area contributed by atoms with Crippen molar-refractivity contribution >= 4 is 11.7 Å². The number of carbonyl (C=O) groups excluding carboxylic acids is 1. The average molecular weight is 387 g/mol. The Labute approximate surface area is 171 Å². The van der Waals surface area contributed by atoms with E-state index in [2.05, 4.69) is 15.6 Å². The molecule has 1 atom stereocenters. The molecule has 0 radical (unpaired) electrons. The highest BCUT2D eigenvalue weighted by atomic mass is 16.5. The van der Waals surface area contributed by atoms with Gasteiger partial charge in [0.25, 0.3) is 0 Å². The van der Waals surface area contributed by atoms with Crippen LogP contribution in [0.3, 0.4) is 0 Å². The van der Waals surface area contributed by atoms with Crippen molar-refractivity contribution in [2.45, 2.75) is 19.4 Å². The number of carbonyl (C=O) groups is 1. The third kappa shape index (κ3) is 5.21. The predicted octanol–water partition coefficient (Wildman–Crippen LogP) is 4.27. The Bertz CT molecular complexity index is 936. The van der Waals surface area contributed by atoms with Crippen molar-refractivity contribution in [3.05, 3.63) is 78.5 Å². The van der Waals surface area contributed by atoms with E-state index in [-0.39, 0.29) is 11.8 Å². The molecule has 29 heavy (non-hydrogen) atoms. The van der Waals surface area contributed by atoms with Crippen molar-refractivity contribution < 1.29 is 9.53 Å². The number of ether oxygens (including phenoxy) is 1. The number of aromatic nitrogens is 1. The Morgan fingerprint density at radius 2 is 1.97 bits per heavy atom. The molecule has 0 spiro atoms. The normalized spacial score (nSPS) is 16.2. The Balaban J connectivity index is 1.39. The van der Waals surface area contributed by atoms with Crippen molar-refractivity contribution in [2.75, 3.05) is 18.4 Å². The minimum absolute atomic E-state index is 0.0173. The van der Waals surface area contributed by atoms with Crippen LogP contribution in [0.15, 0.2) is 72.9 Å². The van der Waals surface area contributed by atoms with Crippen LogP contribution in [0.2, 0.25) is 0 Å². The number of hydrogen-bond donors (Lipinski definition) is 2. The maximum Gasteiger partial charge on any atom is 0.229 e. The SMILES string of the molecule is O=C(Nc1ccc(-c2cccc(OCc3ccccc3)c2)cn1)C1CCCNC1. The molecule has 1 amide bonds. The van der Waals surface area contributed by atoms with Crippen LogP contribution in [-0.2, 0) is 11.4 Å². The molecule has 1 aliphatic heterocycles. The second-order valence-electron chi connectivity index (χ2n) is 7.27. The smallest absolute Gasteiger partial charge is 0.229 e. The van der Waals surface area contributed by atoms with Gasteiger partial charge in [-0.05, 0) is 54.8 Å². The zero-order valence-corrected chi connectivity index (χ0v) is 16.3. The fourth-order valence-electron chi connectivity index (χ4n) is 3.45. The van der Waals surface area contributed by atoms with Gasteiger partial charge in [0.2, 0.25) is 5.91 Å². The number of pyridine rings is 1. The molecule has 2 heterocycles. The van der Waals surface area contributed by atoms with E-state index in [4.69, 9.17) is 4.74 Å². The molecule has 5 nitrogen and oxygen atoms in total. The molecule has 1 unspecified atom stereocenters. The molecule has 2 aromatic carbocycles. The highest BCUT2D eigenvalue weighted by molar-refractivity contribution is 5.92. The van der Waals surface area contributed by atoms with E-state index in [9.17, 15) is 4.79 Å². The lowest BCUT2D eigenvalue weighted by molar-refractivity contribution is -0.120. The van der Waals surface area contributed by atoms with E-state index < -0.39 is 0 Å². The molecule has 3 aromatic rings. The lowest BCUT2D eigenvalue weighted by atomic mass is 9.99. The molecule has 0 bridgehead atoms. The maximum atomic E-state index is 12.3. The van der Waals surface area contributed by atoms with Gasteiger partial charge in [0.15, 0.2) is 0 Å². The van der Waals surface area contributed by atoms with Gasteiger partial charge in [0.1, 0.15) is 18.2 Å². The van der Waals surface area contributed by atoms with Crippen molar-refractivity contribution in [3.63, 3.8) is 0 Å². The van der Waals surface area contributed by atoms with E-state index in [1.807, 2.05) is 66.7 Å². The van der Waals surface area contributed by atoms with Crippen molar-refractivity contribution in [1.82, 2.24) is 10.3 Å². The number of benzene rings is 2. The van der Waals surface area contributed by atoms with Crippen molar-refractivity contribution in [3.8, 4) is 16.9 Å². The number of nitrogens with zero attached hydrogens (tertiary/aromatic N) is 1. The standard InChI is InChI=1S/C24H25N3O2/c28-24(21-9-5-13-25-15-21)27-23-12-11-20(16-26-23)19-8-4-10-22(14-19)29-17-18-6-2-1-3-7-18/h1-4,6-8,10-12,14,16,21,25H,5,9,13,15,17H2,(H,26,27,28). The van der Waals surface area contributed by atoms with Gasteiger partial charge in [-0.25, -0.2) is 4.98 Å². The summed E-state index contributed by atoms with van der Waals surface area (Å²) in [6, 6.07) is 21.9. The first-order valence-electron chi connectivity index (χ1n) is 10.0. The van der Waals surface area contributed by atoms with Gasteiger partial charge in [-0.2, -0.15) is 0 Å². The lowest BCUT2D eigenvalue weighted by Crippen LogP contribution is -2.37. The first-order chi connectivity index (χ1) is 14.3. The summed E-state index contributed by atoms with van der Waals surface area (Å²) in [6.45, 7) is 2.26. The van der Waals surface area contributed by atoms with E-state index in [1.165, 1.54) is 0 Å². The minimum atomic E-state index is 0.0173. The third-order valence-electron chi connectivity index (χ3n) is 5.10. The summed E-state index contributed by atoms with van der Waals surface area (Å²) in [4.78, 5) is 16.8. The van der Waals surface area contributed by atoms with E-state index in [0.29, 0.717) is 12.4 Å². The molecular formula is C24H25N3O2. The minimum Gasteiger partial charge on any atom is -0.489 e. The molecule has 5 heteroatoms. The highest BCUT2D eigenvalue weighted by Crippen LogP contribution is 2.25. The van der Waals surface area contributed by atoms with Gasteiger partial charge < -0.3 is 15.4 Å². The Kier molecular flexibility index (Phi) is 6.17. The predicted molar refractivity (Wildman–Crippen MR) is 115 cm³/mol. The van der Waals surface area contributed by atoms with Crippen LogP contribution in [0.1, 0.15) is 18.4 Å². The molecule has 2 N–H and O–H groups in total. The summed E-state index contributed by atoms with van der Waals surface area (Å²) >= 11 is 0. The van der Waals surface area contributed by atoms with Crippen LogP contribution >= 0.6 is 0 Å². The number of anilines is 1. The van der Waals surface area contributed by atoms with Crippen LogP contribution < -0.4 is 15.4 Å². The monoisotopic (exact) mass is 387 g/mol. The van der Waals surface area contributed by atoms with Gasteiger partial charge in [-0.1, -0.05) is 42.5 Å². The maximum absolute atomic E-state index is 12.3. The molecule has 0 aliphatic carbocycles. The highest BCUT2D eigenvalue weighted by Gasteiger charge is 2.21. The average Bonchev–Trinajstić information content (AvgIpc) is 2.80. The number of rotatable bonds is 6. The van der Waals surface area contributed by atoms with Gasteiger partial charge in [0.05, 0.1) is 5.92 Å². The second kappa shape index (κ2) is 9.34. The van der Waals surface area contributed by atoms with Crippen LogP contribution in [0.4, 0.5) is 5.82 Å². The zero-order chi connectivity index (χ0) is 19.9. The van der Waals surface area contributed by atoms with Gasteiger partial charge in [0, 0.05) is 18.3 Å². The summed E-state index contributed by atoms with van der Waals surface area (Å²) in [7, 11) is 0. The largest absolute Gasteiger partial charge is 0.489 e. The Morgan fingerprint density at radius 1 is 1.07 bits per heavy atom. The second-order valence-corrected chi connectivity index (χ2v) is 7.27.